The molecule has 0 radical (unpaired) electrons. The molecule has 0 unspecified atom stereocenters. The Kier molecular flexibility index (Phi) is 5.17. The van der Waals surface area contributed by atoms with Gasteiger partial charge < -0.3 is 10.6 Å². The summed E-state index contributed by atoms with van der Waals surface area (Å²) in [4.78, 5) is 9.60. The molecule has 2 aromatic rings. The van der Waals surface area contributed by atoms with Gasteiger partial charge in [-0.2, -0.15) is 0 Å². The largest absolute Gasteiger partial charge is 0.354 e. The van der Waals surface area contributed by atoms with Crippen LogP contribution in [-0.4, -0.2) is 42.1 Å². The van der Waals surface area contributed by atoms with Gasteiger partial charge in [0.05, 0.1) is 6.04 Å². The molecular weight excluding hydrogens is 296 g/mol. The predicted molar refractivity (Wildman–Crippen MR) is 100 cm³/mol. The van der Waals surface area contributed by atoms with E-state index in [1.165, 1.54) is 5.56 Å². The van der Waals surface area contributed by atoms with E-state index in [1.54, 1.807) is 0 Å². The normalized spacial score (nSPS) is 17.3. The number of hydrogen-bond donors (Lipinski definition) is 1. The topological polar surface area (TPSA) is 45.4 Å². The molecule has 1 aromatic heterocycles. The zero-order valence-corrected chi connectivity index (χ0v) is 14.9. The van der Waals surface area contributed by atoms with Crippen LogP contribution in [0.3, 0.4) is 0 Å². The van der Waals surface area contributed by atoms with E-state index in [2.05, 4.69) is 48.8 Å². The van der Waals surface area contributed by atoms with Crippen LogP contribution in [0.4, 0.5) is 5.82 Å². The van der Waals surface area contributed by atoms with E-state index in [0.717, 1.165) is 43.1 Å². The van der Waals surface area contributed by atoms with Crippen LogP contribution in [0.1, 0.15) is 36.6 Å². The second kappa shape index (κ2) is 7.32. The number of anilines is 1. The van der Waals surface area contributed by atoms with Gasteiger partial charge in [0.2, 0.25) is 0 Å². The molecule has 1 atom stereocenters. The van der Waals surface area contributed by atoms with Crippen molar-refractivity contribution in [3.63, 3.8) is 0 Å². The summed E-state index contributed by atoms with van der Waals surface area (Å²) in [6, 6.07) is 12.9. The first-order valence-electron chi connectivity index (χ1n) is 8.82. The number of pyridine rings is 1. The van der Waals surface area contributed by atoms with Crippen molar-refractivity contribution in [2.45, 2.75) is 32.9 Å². The van der Waals surface area contributed by atoms with Crippen LogP contribution in [-0.2, 0) is 0 Å². The number of nitrogens with zero attached hydrogens (tertiary/aromatic N) is 3. The fourth-order valence-electron chi connectivity index (χ4n) is 3.36. The molecule has 1 aliphatic rings. The Morgan fingerprint density at radius 3 is 2.29 bits per heavy atom. The summed E-state index contributed by atoms with van der Waals surface area (Å²) in [5.41, 5.74) is 9.88. The molecule has 0 saturated carbocycles. The van der Waals surface area contributed by atoms with Crippen molar-refractivity contribution in [2.75, 3.05) is 31.1 Å². The number of benzene rings is 1. The summed E-state index contributed by atoms with van der Waals surface area (Å²) in [7, 11) is 0. The lowest BCUT2D eigenvalue weighted by atomic mass is 9.97. The molecule has 24 heavy (non-hydrogen) atoms. The summed E-state index contributed by atoms with van der Waals surface area (Å²) in [6.45, 7) is 10.9. The average molecular weight is 324 g/mol. The molecule has 0 bridgehead atoms. The van der Waals surface area contributed by atoms with Crippen LogP contribution in [0.5, 0.6) is 0 Å². The standard InChI is InChI=1S/C20H28N4/c1-15(2)23-9-11-24(12-10-23)19-13-16(3)18(14-22-19)20(21)17-7-5-4-6-8-17/h4-8,13-15,20H,9-12,21H2,1-3H3/t20-/m0/s1. The summed E-state index contributed by atoms with van der Waals surface area (Å²) < 4.78 is 0. The van der Waals surface area contributed by atoms with Crippen molar-refractivity contribution >= 4 is 5.82 Å². The van der Waals surface area contributed by atoms with E-state index >= 15 is 0 Å². The van der Waals surface area contributed by atoms with Crippen molar-refractivity contribution in [3.8, 4) is 0 Å². The number of aryl methyl sites for hydroxylation is 1. The molecule has 128 valence electrons. The molecule has 0 spiro atoms. The highest BCUT2D eigenvalue weighted by Crippen LogP contribution is 2.25. The number of piperazine rings is 1. The van der Waals surface area contributed by atoms with Crippen LogP contribution >= 0.6 is 0 Å². The lowest BCUT2D eigenvalue weighted by molar-refractivity contribution is 0.209. The third-order valence-corrected chi connectivity index (χ3v) is 5.00. The molecule has 2 heterocycles. The Bertz CT molecular complexity index is 661. The number of hydrogen-bond acceptors (Lipinski definition) is 4. The molecule has 1 fully saturated rings. The SMILES string of the molecule is Cc1cc(N2CCN(C(C)C)CC2)ncc1[C@@H](N)c1ccccc1. The number of rotatable bonds is 4. The van der Waals surface area contributed by atoms with Gasteiger partial charge in [0.1, 0.15) is 5.82 Å². The van der Waals surface area contributed by atoms with Crippen LogP contribution in [0.15, 0.2) is 42.6 Å². The zero-order chi connectivity index (χ0) is 17.1. The second-order valence-electron chi connectivity index (χ2n) is 6.90. The van der Waals surface area contributed by atoms with Gasteiger partial charge in [-0.1, -0.05) is 30.3 Å². The number of nitrogens with two attached hydrogens (primary N) is 1. The third-order valence-electron chi connectivity index (χ3n) is 5.00. The monoisotopic (exact) mass is 324 g/mol. The van der Waals surface area contributed by atoms with Gasteiger partial charge in [-0.3, -0.25) is 4.90 Å². The van der Waals surface area contributed by atoms with Crippen LogP contribution in [0.25, 0.3) is 0 Å². The molecule has 1 aromatic carbocycles. The van der Waals surface area contributed by atoms with Crippen LogP contribution in [0.2, 0.25) is 0 Å². The quantitative estimate of drug-likeness (QED) is 0.939. The van der Waals surface area contributed by atoms with Gasteiger partial charge in [-0.25, -0.2) is 4.98 Å². The summed E-state index contributed by atoms with van der Waals surface area (Å²) in [5, 5.41) is 0. The minimum Gasteiger partial charge on any atom is -0.354 e. The first-order valence-corrected chi connectivity index (χ1v) is 8.82. The zero-order valence-electron chi connectivity index (χ0n) is 14.9. The Labute approximate surface area is 145 Å². The summed E-state index contributed by atoms with van der Waals surface area (Å²) in [5.74, 6) is 1.07. The van der Waals surface area contributed by atoms with Gasteiger partial charge in [0, 0.05) is 38.4 Å². The Hall–Kier alpha value is -1.91. The van der Waals surface area contributed by atoms with E-state index in [-0.39, 0.29) is 6.04 Å². The van der Waals surface area contributed by atoms with Gasteiger partial charge in [-0.05, 0) is 43.5 Å². The van der Waals surface area contributed by atoms with Gasteiger partial charge in [0.15, 0.2) is 0 Å². The highest BCUT2D eigenvalue weighted by molar-refractivity contribution is 5.46. The molecule has 2 N–H and O–H groups in total. The maximum Gasteiger partial charge on any atom is 0.128 e. The molecule has 4 heteroatoms. The fourth-order valence-corrected chi connectivity index (χ4v) is 3.36. The van der Waals surface area contributed by atoms with Gasteiger partial charge >= 0.3 is 0 Å². The van der Waals surface area contributed by atoms with E-state index in [4.69, 9.17) is 10.7 Å². The van der Waals surface area contributed by atoms with Crippen LogP contribution < -0.4 is 10.6 Å². The van der Waals surface area contributed by atoms with Gasteiger partial charge in [-0.15, -0.1) is 0 Å². The highest BCUT2D eigenvalue weighted by Gasteiger charge is 2.20. The maximum atomic E-state index is 6.44. The smallest absolute Gasteiger partial charge is 0.128 e. The minimum absolute atomic E-state index is 0.120. The second-order valence-corrected chi connectivity index (χ2v) is 6.90. The third kappa shape index (κ3) is 3.60. The van der Waals surface area contributed by atoms with Crippen molar-refractivity contribution in [1.29, 1.82) is 0 Å². The van der Waals surface area contributed by atoms with E-state index in [1.807, 2.05) is 24.4 Å². The molecule has 3 rings (SSSR count). The minimum atomic E-state index is -0.120. The van der Waals surface area contributed by atoms with E-state index in [0.29, 0.717) is 6.04 Å². The molecule has 1 saturated heterocycles. The first-order chi connectivity index (χ1) is 11.6. The van der Waals surface area contributed by atoms with Gasteiger partial charge in [0.25, 0.3) is 0 Å². The lowest BCUT2D eigenvalue weighted by Crippen LogP contribution is -2.49. The summed E-state index contributed by atoms with van der Waals surface area (Å²) in [6.07, 6.45) is 1.96. The van der Waals surface area contributed by atoms with Crippen molar-refractivity contribution in [1.82, 2.24) is 9.88 Å². The van der Waals surface area contributed by atoms with E-state index < -0.39 is 0 Å². The lowest BCUT2D eigenvalue weighted by Gasteiger charge is -2.37. The number of aromatic nitrogens is 1. The first kappa shape index (κ1) is 16.9. The van der Waals surface area contributed by atoms with Crippen molar-refractivity contribution in [2.24, 2.45) is 5.73 Å². The van der Waals surface area contributed by atoms with Crippen molar-refractivity contribution < 1.29 is 0 Å². The molecule has 4 nitrogen and oxygen atoms in total. The Morgan fingerprint density at radius 1 is 1.04 bits per heavy atom. The van der Waals surface area contributed by atoms with E-state index in [9.17, 15) is 0 Å². The predicted octanol–water partition coefficient (Wildman–Crippen LogP) is 2.97. The molecule has 1 aliphatic heterocycles. The van der Waals surface area contributed by atoms with Crippen molar-refractivity contribution in [3.05, 3.63) is 59.3 Å². The maximum absolute atomic E-state index is 6.44. The fraction of sp³-hybridized carbons (Fsp3) is 0.450. The molecule has 0 amide bonds. The molecule has 0 aliphatic carbocycles. The Morgan fingerprint density at radius 2 is 1.71 bits per heavy atom. The van der Waals surface area contributed by atoms with Crippen LogP contribution in [0, 0.1) is 6.92 Å². The average Bonchev–Trinajstić information content (AvgIpc) is 2.62. The summed E-state index contributed by atoms with van der Waals surface area (Å²) >= 11 is 0. The Balaban J connectivity index is 1.74. The molecular formula is C20H28N4. The highest BCUT2D eigenvalue weighted by atomic mass is 15.3.